The first-order valence-electron chi connectivity index (χ1n) is 5.03. The van der Waals surface area contributed by atoms with Crippen molar-refractivity contribution in [3.8, 4) is 22.0 Å². The highest BCUT2D eigenvalue weighted by Gasteiger charge is 2.07. The Bertz CT molecular complexity index is 631. The molecular weight excluding hydrogens is 237 g/mol. The Hall–Kier alpha value is -2.01. The number of nitrogens with zero attached hydrogens (tertiary/aromatic N) is 2. The first kappa shape index (κ1) is 10.2. The van der Waals surface area contributed by atoms with Crippen LogP contribution in [0.5, 0.6) is 0 Å². The summed E-state index contributed by atoms with van der Waals surface area (Å²) in [6, 6.07) is 6.42. The van der Waals surface area contributed by atoms with Crippen LogP contribution in [0.15, 0.2) is 42.2 Å². The third kappa shape index (κ3) is 1.97. The fourth-order valence-electron chi connectivity index (χ4n) is 1.55. The zero-order chi connectivity index (χ0) is 11.7. The molecule has 3 aromatic rings. The SMILES string of the molecule is Fc1cccc(-c2csc(-c3cnc[nH]3)n2)c1. The van der Waals surface area contributed by atoms with E-state index >= 15 is 0 Å². The van der Waals surface area contributed by atoms with Crippen LogP contribution in [0.2, 0.25) is 0 Å². The van der Waals surface area contributed by atoms with Crippen LogP contribution in [0.1, 0.15) is 0 Å². The van der Waals surface area contributed by atoms with Crippen LogP contribution >= 0.6 is 11.3 Å². The summed E-state index contributed by atoms with van der Waals surface area (Å²) in [5.41, 5.74) is 2.43. The molecule has 17 heavy (non-hydrogen) atoms. The van der Waals surface area contributed by atoms with Crippen LogP contribution in [0.25, 0.3) is 22.0 Å². The van der Waals surface area contributed by atoms with Gasteiger partial charge in [-0.05, 0) is 12.1 Å². The summed E-state index contributed by atoms with van der Waals surface area (Å²) in [6.07, 6.45) is 3.33. The van der Waals surface area contributed by atoms with Gasteiger partial charge in [0.05, 0.1) is 23.9 Å². The van der Waals surface area contributed by atoms with Crippen LogP contribution in [0, 0.1) is 5.82 Å². The van der Waals surface area contributed by atoms with Gasteiger partial charge in [-0.1, -0.05) is 12.1 Å². The maximum Gasteiger partial charge on any atom is 0.141 e. The van der Waals surface area contributed by atoms with Crippen molar-refractivity contribution in [1.82, 2.24) is 15.0 Å². The number of hydrogen-bond donors (Lipinski definition) is 1. The van der Waals surface area contributed by atoms with Crippen LogP contribution in [0.4, 0.5) is 4.39 Å². The molecule has 1 N–H and O–H groups in total. The lowest BCUT2D eigenvalue weighted by molar-refractivity contribution is 0.628. The van der Waals surface area contributed by atoms with Gasteiger partial charge in [-0.15, -0.1) is 11.3 Å². The van der Waals surface area contributed by atoms with Crippen molar-refractivity contribution < 1.29 is 4.39 Å². The summed E-state index contributed by atoms with van der Waals surface area (Å²) in [4.78, 5) is 11.4. The van der Waals surface area contributed by atoms with Gasteiger partial charge in [0.15, 0.2) is 0 Å². The van der Waals surface area contributed by atoms with Gasteiger partial charge >= 0.3 is 0 Å². The molecule has 0 fully saturated rings. The predicted octanol–water partition coefficient (Wildman–Crippen LogP) is 3.34. The van der Waals surface area contributed by atoms with E-state index in [1.54, 1.807) is 18.6 Å². The molecule has 2 aromatic heterocycles. The number of benzene rings is 1. The zero-order valence-corrected chi connectivity index (χ0v) is 9.54. The lowest BCUT2D eigenvalue weighted by atomic mass is 10.2. The van der Waals surface area contributed by atoms with Crippen molar-refractivity contribution in [1.29, 1.82) is 0 Å². The Morgan fingerprint density at radius 2 is 2.24 bits per heavy atom. The second-order valence-electron chi connectivity index (χ2n) is 3.51. The topological polar surface area (TPSA) is 41.6 Å². The number of thiazole rings is 1. The van der Waals surface area contributed by atoms with Crippen molar-refractivity contribution >= 4 is 11.3 Å². The fourth-order valence-corrected chi connectivity index (χ4v) is 2.35. The maximum absolute atomic E-state index is 13.1. The number of aromatic amines is 1. The molecule has 0 spiro atoms. The van der Waals surface area contributed by atoms with Crippen molar-refractivity contribution in [3.05, 3.63) is 48.0 Å². The van der Waals surface area contributed by atoms with E-state index in [2.05, 4.69) is 15.0 Å². The Labute approximate surface area is 101 Å². The highest BCUT2D eigenvalue weighted by molar-refractivity contribution is 7.13. The molecule has 0 aliphatic rings. The van der Waals surface area contributed by atoms with Crippen LogP contribution < -0.4 is 0 Å². The first-order valence-corrected chi connectivity index (χ1v) is 5.91. The number of rotatable bonds is 2. The number of H-pyrrole nitrogens is 1. The van der Waals surface area contributed by atoms with Gasteiger partial charge < -0.3 is 4.98 Å². The fraction of sp³-hybridized carbons (Fsp3) is 0. The molecule has 0 amide bonds. The third-order valence-electron chi connectivity index (χ3n) is 2.35. The molecule has 0 atom stereocenters. The Balaban J connectivity index is 2.01. The third-order valence-corrected chi connectivity index (χ3v) is 3.23. The Morgan fingerprint density at radius 1 is 1.29 bits per heavy atom. The predicted molar refractivity (Wildman–Crippen MR) is 65.1 cm³/mol. The van der Waals surface area contributed by atoms with Gasteiger partial charge in [-0.25, -0.2) is 14.4 Å². The molecule has 84 valence electrons. The van der Waals surface area contributed by atoms with E-state index in [1.165, 1.54) is 23.5 Å². The molecule has 2 heterocycles. The second-order valence-corrected chi connectivity index (χ2v) is 4.37. The van der Waals surface area contributed by atoms with Crippen molar-refractivity contribution in [2.45, 2.75) is 0 Å². The van der Waals surface area contributed by atoms with Gasteiger partial charge in [-0.3, -0.25) is 0 Å². The summed E-state index contributed by atoms with van der Waals surface area (Å²) < 4.78 is 13.1. The van der Waals surface area contributed by atoms with Crippen LogP contribution in [-0.4, -0.2) is 15.0 Å². The summed E-state index contributed by atoms with van der Waals surface area (Å²) in [5.74, 6) is -0.251. The summed E-state index contributed by atoms with van der Waals surface area (Å²) in [6.45, 7) is 0. The van der Waals surface area contributed by atoms with Gasteiger partial charge in [-0.2, -0.15) is 0 Å². The van der Waals surface area contributed by atoms with Gasteiger partial charge in [0.1, 0.15) is 10.8 Å². The average molecular weight is 245 g/mol. The normalized spacial score (nSPS) is 10.6. The maximum atomic E-state index is 13.1. The molecule has 0 saturated heterocycles. The van der Waals surface area contributed by atoms with E-state index in [-0.39, 0.29) is 5.82 Å². The Morgan fingerprint density at radius 3 is 3.00 bits per heavy atom. The van der Waals surface area contributed by atoms with Crippen molar-refractivity contribution in [2.24, 2.45) is 0 Å². The van der Waals surface area contributed by atoms with Crippen LogP contribution in [0.3, 0.4) is 0 Å². The molecule has 3 rings (SSSR count). The quantitative estimate of drug-likeness (QED) is 0.752. The molecule has 0 aliphatic heterocycles. The van der Waals surface area contributed by atoms with E-state index in [9.17, 15) is 4.39 Å². The number of aromatic nitrogens is 3. The van der Waals surface area contributed by atoms with Gasteiger partial charge in [0.2, 0.25) is 0 Å². The van der Waals surface area contributed by atoms with Crippen molar-refractivity contribution in [3.63, 3.8) is 0 Å². The van der Waals surface area contributed by atoms with E-state index in [0.29, 0.717) is 0 Å². The Kier molecular flexibility index (Phi) is 2.45. The van der Waals surface area contributed by atoms with E-state index < -0.39 is 0 Å². The second kappa shape index (κ2) is 4.10. The summed E-state index contributed by atoms with van der Waals surface area (Å²) in [5, 5.41) is 2.76. The number of hydrogen-bond acceptors (Lipinski definition) is 3. The molecule has 3 nitrogen and oxygen atoms in total. The average Bonchev–Trinajstić information content (AvgIpc) is 3.00. The number of halogens is 1. The monoisotopic (exact) mass is 245 g/mol. The standard InChI is InChI=1S/C12H8FN3S/c13-9-3-1-2-8(4-9)11-6-17-12(16-11)10-5-14-7-15-10/h1-7H,(H,14,15). The highest BCUT2D eigenvalue weighted by atomic mass is 32.1. The lowest BCUT2D eigenvalue weighted by Crippen LogP contribution is -1.81. The molecule has 5 heteroatoms. The lowest BCUT2D eigenvalue weighted by Gasteiger charge is -1.95. The summed E-state index contributed by atoms with van der Waals surface area (Å²) in [7, 11) is 0. The largest absolute Gasteiger partial charge is 0.343 e. The molecule has 1 aromatic carbocycles. The number of imidazole rings is 1. The van der Waals surface area contributed by atoms with Gasteiger partial charge in [0, 0.05) is 10.9 Å². The zero-order valence-electron chi connectivity index (χ0n) is 8.72. The molecule has 0 bridgehead atoms. The molecule has 0 unspecified atom stereocenters. The highest BCUT2D eigenvalue weighted by Crippen LogP contribution is 2.27. The smallest absolute Gasteiger partial charge is 0.141 e. The van der Waals surface area contributed by atoms with Crippen molar-refractivity contribution in [2.75, 3.05) is 0 Å². The minimum Gasteiger partial charge on any atom is -0.343 e. The summed E-state index contributed by atoms with van der Waals surface area (Å²) >= 11 is 1.50. The van der Waals surface area contributed by atoms with E-state index in [4.69, 9.17) is 0 Å². The van der Waals surface area contributed by atoms with E-state index in [0.717, 1.165) is 22.0 Å². The minimum absolute atomic E-state index is 0.251. The van der Waals surface area contributed by atoms with Crippen LogP contribution in [-0.2, 0) is 0 Å². The molecular formula is C12H8FN3S. The molecule has 0 radical (unpaired) electrons. The first-order chi connectivity index (χ1) is 8.33. The molecule has 0 saturated carbocycles. The number of nitrogens with one attached hydrogen (secondary N) is 1. The van der Waals surface area contributed by atoms with E-state index in [1.807, 2.05) is 11.4 Å². The molecule has 0 aliphatic carbocycles. The van der Waals surface area contributed by atoms with Gasteiger partial charge in [0.25, 0.3) is 0 Å². The minimum atomic E-state index is -0.251.